The maximum atomic E-state index is 12.1. The molecule has 9 atom stereocenters. The molecule has 1 unspecified atom stereocenters. The average Bonchev–Trinajstić information content (AvgIpc) is 3.29. The van der Waals surface area contributed by atoms with Crippen LogP contribution < -0.4 is 0 Å². The standard InChI is InChI=1S/C24H30O3/c1-3-13-10-14-11-15(25)4-5-16(14)17-6-8-23(2)22(21(13)17)18-12-19(18)24(23)9-7-20(26)27-24/h7,9,11,13,16-19,21-22H,3-6,8,10,12H2,1-2H3/t13-,16+,17-,18-,19+,21-,22+,23+,24?/m1/s1. The maximum Gasteiger partial charge on any atom is 0.331 e. The average molecular weight is 367 g/mol. The highest BCUT2D eigenvalue weighted by molar-refractivity contribution is 5.91. The van der Waals surface area contributed by atoms with Gasteiger partial charge in [0.2, 0.25) is 0 Å². The van der Waals surface area contributed by atoms with Crippen LogP contribution in [0.4, 0.5) is 0 Å². The van der Waals surface area contributed by atoms with Crippen molar-refractivity contribution in [2.75, 3.05) is 0 Å². The van der Waals surface area contributed by atoms with Gasteiger partial charge in [-0.1, -0.05) is 25.8 Å². The lowest BCUT2D eigenvalue weighted by Gasteiger charge is -2.59. The second-order valence-corrected chi connectivity index (χ2v) is 10.5. The van der Waals surface area contributed by atoms with Crippen molar-refractivity contribution >= 4 is 11.8 Å². The maximum absolute atomic E-state index is 12.1. The Morgan fingerprint density at radius 3 is 2.81 bits per heavy atom. The summed E-state index contributed by atoms with van der Waals surface area (Å²) in [5.41, 5.74) is 1.25. The summed E-state index contributed by atoms with van der Waals surface area (Å²) < 4.78 is 6.10. The third-order valence-electron chi connectivity index (χ3n) is 9.73. The van der Waals surface area contributed by atoms with Crippen LogP contribution in [0, 0.1) is 46.8 Å². The Bertz CT molecular complexity index is 793. The van der Waals surface area contributed by atoms with Crippen molar-refractivity contribution < 1.29 is 14.3 Å². The van der Waals surface area contributed by atoms with Gasteiger partial charge in [0.15, 0.2) is 5.78 Å². The third-order valence-corrected chi connectivity index (χ3v) is 9.73. The lowest BCUT2D eigenvalue weighted by atomic mass is 9.46. The Hall–Kier alpha value is -1.38. The molecule has 6 rings (SSSR count). The molecule has 3 nitrogen and oxygen atoms in total. The van der Waals surface area contributed by atoms with Gasteiger partial charge in [0.05, 0.1) is 0 Å². The molecule has 144 valence electrons. The number of ketones is 1. The second kappa shape index (κ2) is 5.15. The number of fused-ring (bicyclic) bond motifs is 9. The van der Waals surface area contributed by atoms with E-state index in [1.54, 1.807) is 6.08 Å². The zero-order valence-corrected chi connectivity index (χ0v) is 16.4. The van der Waals surface area contributed by atoms with Crippen molar-refractivity contribution in [2.45, 2.75) is 64.4 Å². The number of carbonyl (C=O) groups is 2. The number of hydrogen-bond donors (Lipinski definition) is 0. The van der Waals surface area contributed by atoms with E-state index in [-0.39, 0.29) is 17.0 Å². The van der Waals surface area contributed by atoms with Crippen LogP contribution in [0.1, 0.15) is 58.8 Å². The lowest BCUT2D eigenvalue weighted by Crippen LogP contribution is -2.56. The summed E-state index contributed by atoms with van der Waals surface area (Å²) in [6, 6.07) is 0. The van der Waals surface area contributed by atoms with E-state index in [0.717, 1.165) is 43.4 Å². The molecule has 0 radical (unpaired) electrons. The fourth-order valence-electron chi connectivity index (χ4n) is 8.73. The van der Waals surface area contributed by atoms with E-state index in [1.165, 1.54) is 24.8 Å². The van der Waals surface area contributed by atoms with E-state index in [9.17, 15) is 9.59 Å². The monoisotopic (exact) mass is 366 g/mol. The van der Waals surface area contributed by atoms with Crippen LogP contribution in [-0.2, 0) is 14.3 Å². The highest BCUT2D eigenvalue weighted by Gasteiger charge is 2.78. The highest BCUT2D eigenvalue weighted by Crippen LogP contribution is 2.78. The Morgan fingerprint density at radius 1 is 1.22 bits per heavy atom. The Balaban J connectivity index is 1.42. The van der Waals surface area contributed by atoms with E-state index < -0.39 is 0 Å². The van der Waals surface area contributed by atoms with Crippen molar-refractivity contribution in [3.8, 4) is 0 Å². The van der Waals surface area contributed by atoms with E-state index in [2.05, 4.69) is 19.9 Å². The molecule has 0 N–H and O–H groups in total. The normalized spacial score (nSPS) is 54.7. The molecule has 0 aromatic carbocycles. The van der Waals surface area contributed by atoms with E-state index in [4.69, 9.17) is 4.74 Å². The van der Waals surface area contributed by atoms with Crippen molar-refractivity contribution in [3.05, 3.63) is 23.8 Å². The predicted molar refractivity (Wildman–Crippen MR) is 102 cm³/mol. The van der Waals surface area contributed by atoms with Crippen molar-refractivity contribution in [3.63, 3.8) is 0 Å². The number of hydrogen-bond acceptors (Lipinski definition) is 3. The van der Waals surface area contributed by atoms with Crippen LogP contribution >= 0.6 is 0 Å². The molecule has 0 aromatic heterocycles. The first kappa shape index (κ1) is 16.6. The summed E-state index contributed by atoms with van der Waals surface area (Å²) in [5.74, 6) is 4.99. The first-order chi connectivity index (χ1) is 13.0. The topological polar surface area (TPSA) is 43.4 Å². The summed E-state index contributed by atoms with van der Waals surface area (Å²) in [5, 5.41) is 0. The van der Waals surface area contributed by atoms with Gasteiger partial charge in [-0.05, 0) is 79.8 Å². The van der Waals surface area contributed by atoms with Crippen LogP contribution in [0.2, 0.25) is 0 Å². The van der Waals surface area contributed by atoms with Gasteiger partial charge < -0.3 is 4.74 Å². The molecule has 27 heavy (non-hydrogen) atoms. The van der Waals surface area contributed by atoms with Crippen molar-refractivity contribution in [2.24, 2.45) is 46.8 Å². The molecular formula is C24H30O3. The molecule has 1 heterocycles. The van der Waals surface area contributed by atoms with Crippen LogP contribution in [0.5, 0.6) is 0 Å². The molecule has 0 amide bonds. The fourth-order valence-corrected chi connectivity index (χ4v) is 8.73. The minimum atomic E-state index is -0.318. The lowest BCUT2D eigenvalue weighted by molar-refractivity contribution is -0.170. The van der Waals surface area contributed by atoms with Crippen LogP contribution in [0.3, 0.4) is 0 Å². The summed E-state index contributed by atoms with van der Waals surface area (Å²) in [4.78, 5) is 24.1. The zero-order chi connectivity index (χ0) is 18.6. The van der Waals surface area contributed by atoms with E-state index >= 15 is 0 Å². The number of allylic oxidation sites excluding steroid dienone is 1. The minimum absolute atomic E-state index is 0.101. The Morgan fingerprint density at radius 2 is 2.07 bits per heavy atom. The van der Waals surface area contributed by atoms with Gasteiger partial charge in [-0.25, -0.2) is 4.79 Å². The molecule has 0 aromatic rings. The molecule has 4 fully saturated rings. The highest BCUT2D eigenvalue weighted by atomic mass is 16.6. The molecule has 1 spiro atoms. The fraction of sp³-hybridized carbons (Fsp3) is 0.750. The number of carbonyl (C=O) groups excluding carboxylic acids is 2. The van der Waals surface area contributed by atoms with Crippen molar-refractivity contribution in [1.82, 2.24) is 0 Å². The predicted octanol–water partition coefficient (Wildman–Crippen LogP) is 4.47. The van der Waals surface area contributed by atoms with Gasteiger partial charge >= 0.3 is 5.97 Å². The van der Waals surface area contributed by atoms with Crippen LogP contribution in [0.25, 0.3) is 0 Å². The molecule has 3 heteroatoms. The number of rotatable bonds is 1. The second-order valence-electron chi connectivity index (χ2n) is 10.5. The molecule has 4 saturated carbocycles. The van der Waals surface area contributed by atoms with Gasteiger partial charge in [-0.15, -0.1) is 0 Å². The zero-order valence-electron chi connectivity index (χ0n) is 16.4. The smallest absolute Gasteiger partial charge is 0.331 e. The Kier molecular flexibility index (Phi) is 3.16. The van der Waals surface area contributed by atoms with E-state index in [0.29, 0.717) is 29.5 Å². The third kappa shape index (κ3) is 1.89. The molecule has 5 aliphatic carbocycles. The van der Waals surface area contributed by atoms with Crippen LogP contribution in [0.15, 0.2) is 23.8 Å². The number of esters is 1. The van der Waals surface area contributed by atoms with E-state index in [1.807, 2.05) is 6.08 Å². The summed E-state index contributed by atoms with van der Waals surface area (Å²) >= 11 is 0. The molecule has 1 aliphatic heterocycles. The van der Waals surface area contributed by atoms with Gasteiger partial charge in [-0.2, -0.15) is 0 Å². The van der Waals surface area contributed by atoms with Crippen LogP contribution in [-0.4, -0.2) is 17.4 Å². The minimum Gasteiger partial charge on any atom is -0.451 e. The number of ether oxygens (including phenoxy) is 1. The van der Waals surface area contributed by atoms with Gasteiger partial charge in [-0.3, -0.25) is 4.79 Å². The van der Waals surface area contributed by atoms with Gasteiger partial charge in [0.25, 0.3) is 0 Å². The van der Waals surface area contributed by atoms with Gasteiger partial charge in [0.1, 0.15) is 5.60 Å². The molecule has 0 bridgehead atoms. The Labute approximate surface area is 161 Å². The summed E-state index contributed by atoms with van der Waals surface area (Å²) in [6.07, 6.45) is 13.6. The molecular weight excluding hydrogens is 336 g/mol. The molecule has 0 saturated heterocycles. The van der Waals surface area contributed by atoms with Crippen molar-refractivity contribution in [1.29, 1.82) is 0 Å². The SMILES string of the molecule is CC[C@@H]1CC2=CC(=O)CC[C@@H]2[C@H]2CC[C@@]3(C)[C@@H]([C@@H]4C[C@@H]4C34C=CC(=O)O4)[C@H]12. The summed E-state index contributed by atoms with van der Waals surface area (Å²) in [7, 11) is 0. The largest absolute Gasteiger partial charge is 0.451 e. The molecule has 6 aliphatic rings. The quantitative estimate of drug-likeness (QED) is 0.643. The first-order valence-corrected chi connectivity index (χ1v) is 11.1. The van der Waals surface area contributed by atoms with Gasteiger partial charge in [0, 0.05) is 23.8 Å². The summed E-state index contributed by atoms with van der Waals surface area (Å²) in [6.45, 7) is 4.77. The first-order valence-electron chi connectivity index (χ1n) is 11.1.